The Hall–Kier alpha value is -1.95. The van der Waals surface area contributed by atoms with E-state index in [-0.39, 0.29) is 12.1 Å². The number of nitrogens with two attached hydrogens (primary N) is 2. The molecule has 6 heteroatoms. The summed E-state index contributed by atoms with van der Waals surface area (Å²) in [5, 5.41) is 10.4. The van der Waals surface area contributed by atoms with Gasteiger partial charge in [-0.05, 0) is 5.56 Å². The van der Waals surface area contributed by atoms with Crippen LogP contribution in [-0.2, 0) is 4.79 Å². The maximum absolute atomic E-state index is 10.6. The van der Waals surface area contributed by atoms with Gasteiger partial charge in [-0.15, -0.1) is 0 Å². The number of rotatable bonds is 4. The Labute approximate surface area is 86.0 Å². The maximum Gasteiger partial charge on any atom is 0.269 e. The Morgan fingerprint density at radius 1 is 1.40 bits per heavy atom. The fourth-order valence-corrected chi connectivity index (χ4v) is 1.18. The maximum atomic E-state index is 10.6. The standard InChI is InChI=1S/C9H11N3O3/c10-8(5-9(11)13)6-1-3-7(4-2-6)12(14)15/h1-4,8H,5,10H2,(H2,11,13). The fraction of sp³-hybridized carbons (Fsp3) is 0.222. The first-order chi connectivity index (χ1) is 7.00. The number of hydrogen-bond donors (Lipinski definition) is 2. The summed E-state index contributed by atoms with van der Waals surface area (Å²) in [6.45, 7) is 0. The number of carbonyl (C=O) groups is 1. The number of carbonyl (C=O) groups excluding carboxylic acids is 1. The number of primary amides is 1. The Kier molecular flexibility index (Phi) is 3.35. The van der Waals surface area contributed by atoms with E-state index < -0.39 is 16.9 Å². The van der Waals surface area contributed by atoms with Crippen molar-refractivity contribution in [3.8, 4) is 0 Å². The van der Waals surface area contributed by atoms with Crippen LogP contribution in [0, 0.1) is 10.1 Å². The number of nitrogens with zero attached hydrogens (tertiary/aromatic N) is 1. The van der Waals surface area contributed by atoms with Crippen molar-refractivity contribution in [1.82, 2.24) is 0 Å². The lowest BCUT2D eigenvalue weighted by molar-refractivity contribution is -0.384. The Bertz CT molecular complexity index is 375. The largest absolute Gasteiger partial charge is 0.370 e. The topological polar surface area (TPSA) is 112 Å². The number of nitro benzene ring substituents is 1. The van der Waals surface area contributed by atoms with Gasteiger partial charge in [0.25, 0.3) is 5.69 Å². The van der Waals surface area contributed by atoms with Gasteiger partial charge in [0.1, 0.15) is 0 Å². The van der Waals surface area contributed by atoms with Crippen molar-refractivity contribution in [3.05, 3.63) is 39.9 Å². The summed E-state index contributed by atoms with van der Waals surface area (Å²) in [7, 11) is 0. The lowest BCUT2D eigenvalue weighted by Crippen LogP contribution is -2.20. The molecular formula is C9H11N3O3. The van der Waals surface area contributed by atoms with Gasteiger partial charge in [0.2, 0.25) is 5.91 Å². The molecule has 1 unspecified atom stereocenters. The third kappa shape index (κ3) is 3.03. The van der Waals surface area contributed by atoms with Crippen LogP contribution >= 0.6 is 0 Å². The average Bonchev–Trinajstić information content (AvgIpc) is 2.17. The minimum atomic E-state index is -0.511. The van der Waals surface area contributed by atoms with E-state index in [1.165, 1.54) is 24.3 Å². The molecule has 1 aromatic carbocycles. The highest BCUT2D eigenvalue weighted by atomic mass is 16.6. The van der Waals surface area contributed by atoms with Crippen molar-refractivity contribution in [2.75, 3.05) is 0 Å². The van der Waals surface area contributed by atoms with Crippen molar-refractivity contribution in [2.45, 2.75) is 12.5 Å². The van der Waals surface area contributed by atoms with Gasteiger partial charge in [-0.3, -0.25) is 14.9 Å². The monoisotopic (exact) mass is 209 g/mol. The summed E-state index contributed by atoms with van der Waals surface area (Å²) < 4.78 is 0. The minimum absolute atomic E-state index is 0.00924. The SMILES string of the molecule is NC(=O)CC(N)c1ccc([N+](=O)[O-])cc1. The fourth-order valence-electron chi connectivity index (χ4n) is 1.18. The van der Waals surface area contributed by atoms with Gasteiger partial charge in [-0.1, -0.05) is 12.1 Å². The van der Waals surface area contributed by atoms with E-state index in [1.54, 1.807) is 0 Å². The van der Waals surface area contributed by atoms with Crippen molar-refractivity contribution in [1.29, 1.82) is 0 Å². The van der Waals surface area contributed by atoms with Crippen LogP contribution < -0.4 is 11.5 Å². The first-order valence-corrected chi connectivity index (χ1v) is 4.29. The summed E-state index contributed by atoms with van der Waals surface area (Å²) in [5.74, 6) is -0.499. The molecule has 0 aliphatic heterocycles. The molecular weight excluding hydrogens is 198 g/mol. The molecule has 15 heavy (non-hydrogen) atoms. The highest BCUT2D eigenvalue weighted by Crippen LogP contribution is 2.17. The summed E-state index contributed by atoms with van der Waals surface area (Å²) >= 11 is 0. The highest BCUT2D eigenvalue weighted by Gasteiger charge is 2.11. The van der Waals surface area contributed by atoms with Gasteiger partial charge in [-0.25, -0.2) is 0 Å². The Balaban J connectivity index is 2.79. The molecule has 0 spiro atoms. The van der Waals surface area contributed by atoms with E-state index >= 15 is 0 Å². The Morgan fingerprint density at radius 2 is 1.93 bits per heavy atom. The second kappa shape index (κ2) is 4.52. The van der Waals surface area contributed by atoms with E-state index in [0.717, 1.165) is 0 Å². The van der Waals surface area contributed by atoms with Crippen LogP contribution in [0.5, 0.6) is 0 Å². The molecule has 1 atom stereocenters. The van der Waals surface area contributed by atoms with Crippen LogP contribution in [0.2, 0.25) is 0 Å². The van der Waals surface area contributed by atoms with E-state index in [4.69, 9.17) is 11.5 Å². The zero-order valence-electron chi connectivity index (χ0n) is 7.92. The average molecular weight is 209 g/mol. The highest BCUT2D eigenvalue weighted by molar-refractivity contribution is 5.74. The van der Waals surface area contributed by atoms with Gasteiger partial charge in [0, 0.05) is 24.6 Å². The van der Waals surface area contributed by atoms with Crippen LogP contribution in [0.15, 0.2) is 24.3 Å². The van der Waals surface area contributed by atoms with E-state index in [9.17, 15) is 14.9 Å². The van der Waals surface area contributed by atoms with Crippen molar-refractivity contribution < 1.29 is 9.72 Å². The van der Waals surface area contributed by atoms with Gasteiger partial charge < -0.3 is 11.5 Å². The first-order valence-electron chi connectivity index (χ1n) is 4.29. The Morgan fingerprint density at radius 3 is 2.33 bits per heavy atom. The zero-order chi connectivity index (χ0) is 11.4. The summed E-state index contributed by atoms with van der Waals surface area (Å²) in [6.07, 6.45) is 0.0256. The van der Waals surface area contributed by atoms with Gasteiger partial charge in [0.15, 0.2) is 0 Å². The summed E-state index contributed by atoms with van der Waals surface area (Å²) in [5.41, 5.74) is 11.3. The zero-order valence-corrected chi connectivity index (χ0v) is 7.92. The van der Waals surface area contributed by atoms with Gasteiger partial charge >= 0.3 is 0 Å². The second-order valence-electron chi connectivity index (χ2n) is 3.13. The molecule has 1 aromatic rings. The molecule has 0 saturated carbocycles. The van der Waals surface area contributed by atoms with Crippen LogP contribution in [0.25, 0.3) is 0 Å². The third-order valence-electron chi connectivity index (χ3n) is 1.95. The second-order valence-corrected chi connectivity index (χ2v) is 3.13. The van der Waals surface area contributed by atoms with E-state index in [1.807, 2.05) is 0 Å². The molecule has 0 fully saturated rings. The predicted molar refractivity (Wildman–Crippen MR) is 53.8 cm³/mol. The molecule has 0 radical (unpaired) electrons. The molecule has 80 valence electrons. The van der Waals surface area contributed by atoms with Crippen LogP contribution in [0.3, 0.4) is 0 Å². The number of benzene rings is 1. The molecule has 0 aliphatic carbocycles. The molecule has 1 rings (SSSR count). The predicted octanol–water partition coefficient (Wildman–Crippen LogP) is 0.470. The normalized spacial score (nSPS) is 12.1. The van der Waals surface area contributed by atoms with Gasteiger partial charge in [-0.2, -0.15) is 0 Å². The summed E-state index contributed by atoms with van der Waals surface area (Å²) in [4.78, 5) is 20.5. The van der Waals surface area contributed by atoms with Crippen molar-refractivity contribution >= 4 is 11.6 Å². The summed E-state index contributed by atoms with van der Waals surface area (Å²) in [6, 6.07) is 5.22. The van der Waals surface area contributed by atoms with Gasteiger partial charge in [0.05, 0.1) is 4.92 Å². The molecule has 0 aromatic heterocycles. The molecule has 0 saturated heterocycles. The minimum Gasteiger partial charge on any atom is -0.370 e. The van der Waals surface area contributed by atoms with Crippen molar-refractivity contribution in [3.63, 3.8) is 0 Å². The van der Waals surface area contributed by atoms with Crippen LogP contribution in [-0.4, -0.2) is 10.8 Å². The van der Waals surface area contributed by atoms with E-state index in [2.05, 4.69) is 0 Å². The van der Waals surface area contributed by atoms with Crippen LogP contribution in [0.1, 0.15) is 18.0 Å². The molecule has 4 N–H and O–H groups in total. The molecule has 1 amide bonds. The molecule has 0 heterocycles. The van der Waals surface area contributed by atoms with Crippen LogP contribution in [0.4, 0.5) is 5.69 Å². The molecule has 6 nitrogen and oxygen atoms in total. The van der Waals surface area contributed by atoms with Crippen molar-refractivity contribution in [2.24, 2.45) is 11.5 Å². The smallest absolute Gasteiger partial charge is 0.269 e. The first kappa shape index (κ1) is 11.1. The quantitative estimate of drug-likeness (QED) is 0.554. The number of non-ortho nitro benzene ring substituents is 1. The molecule has 0 aliphatic rings. The lowest BCUT2D eigenvalue weighted by atomic mass is 10.0. The number of nitro groups is 1. The van der Waals surface area contributed by atoms with E-state index in [0.29, 0.717) is 5.56 Å². The number of amides is 1. The number of hydrogen-bond acceptors (Lipinski definition) is 4. The lowest BCUT2D eigenvalue weighted by Gasteiger charge is -2.08. The third-order valence-corrected chi connectivity index (χ3v) is 1.95. The molecule has 0 bridgehead atoms.